The van der Waals surface area contributed by atoms with Crippen molar-refractivity contribution >= 4 is 39.1 Å². The Morgan fingerprint density at radius 1 is 1.00 bits per heavy atom. The molecule has 0 aliphatic heterocycles. The van der Waals surface area contributed by atoms with Crippen LogP contribution in [0.2, 0.25) is 0 Å². The molecular weight excluding hydrogens is 382 g/mol. The summed E-state index contributed by atoms with van der Waals surface area (Å²) in [6.45, 7) is 2.32. The number of nitrogens with one attached hydrogen (secondary N) is 2. The minimum absolute atomic E-state index is 0.134. The fraction of sp³-hybridized carbons (Fsp3) is 0.263. The van der Waals surface area contributed by atoms with Crippen molar-refractivity contribution in [1.29, 1.82) is 0 Å². The molecule has 2 N–H and O–H groups in total. The summed E-state index contributed by atoms with van der Waals surface area (Å²) in [5.41, 5.74) is 2.63. The first-order valence-corrected chi connectivity index (χ1v) is 8.89. The van der Waals surface area contributed by atoms with Crippen molar-refractivity contribution in [2.45, 2.75) is 13.3 Å². The van der Waals surface area contributed by atoms with Crippen molar-refractivity contribution in [2.24, 2.45) is 0 Å². The van der Waals surface area contributed by atoms with Crippen LogP contribution in [-0.2, 0) is 16.0 Å². The third kappa shape index (κ3) is 6.32. The predicted octanol–water partition coefficient (Wildman–Crippen LogP) is 3.52. The molecule has 5 nitrogen and oxygen atoms in total. The number of para-hydroxylation sites is 1. The van der Waals surface area contributed by atoms with Crippen molar-refractivity contribution < 1.29 is 9.59 Å². The molecule has 0 aliphatic carbocycles. The molecule has 0 unspecified atom stereocenters. The molecule has 132 valence electrons. The molecular formula is C19H22BrN3O2. The SMILES string of the molecule is CCc1ccccc1NC(=O)CN(C)CC(=O)Nc1cccc(Br)c1. The number of carbonyl (C=O) groups excluding carboxylic acids is 2. The van der Waals surface area contributed by atoms with E-state index in [4.69, 9.17) is 0 Å². The number of halogens is 1. The van der Waals surface area contributed by atoms with Gasteiger partial charge in [-0.05, 0) is 43.3 Å². The van der Waals surface area contributed by atoms with Gasteiger partial charge in [-0.2, -0.15) is 0 Å². The number of likely N-dealkylation sites (N-methyl/N-ethyl adjacent to an activating group) is 1. The van der Waals surface area contributed by atoms with Crippen LogP contribution in [0.5, 0.6) is 0 Å². The Labute approximate surface area is 156 Å². The molecule has 0 radical (unpaired) electrons. The Kier molecular flexibility index (Phi) is 7.16. The van der Waals surface area contributed by atoms with Crippen molar-refractivity contribution in [3.63, 3.8) is 0 Å². The van der Waals surface area contributed by atoms with Gasteiger partial charge >= 0.3 is 0 Å². The minimum Gasteiger partial charge on any atom is -0.325 e. The van der Waals surface area contributed by atoms with E-state index in [2.05, 4.69) is 26.6 Å². The van der Waals surface area contributed by atoms with E-state index in [0.29, 0.717) is 5.69 Å². The maximum Gasteiger partial charge on any atom is 0.238 e. The Balaban J connectivity index is 1.83. The first kappa shape index (κ1) is 19.1. The lowest BCUT2D eigenvalue weighted by Crippen LogP contribution is -2.36. The van der Waals surface area contributed by atoms with Crippen LogP contribution in [0.1, 0.15) is 12.5 Å². The lowest BCUT2D eigenvalue weighted by Gasteiger charge is -2.17. The predicted molar refractivity (Wildman–Crippen MR) is 105 cm³/mol. The smallest absolute Gasteiger partial charge is 0.238 e. The van der Waals surface area contributed by atoms with Gasteiger partial charge in [0.15, 0.2) is 0 Å². The van der Waals surface area contributed by atoms with E-state index in [0.717, 1.165) is 22.1 Å². The van der Waals surface area contributed by atoms with E-state index >= 15 is 0 Å². The second-order valence-electron chi connectivity index (χ2n) is 5.79. The van der Waals surface area contributed by atoms with Gasteiger partial charge in [-0.1, -0.05) is 47.1 Å². The van der Waals surface area contributed by atoms with Crippen LogP contribution in [0, 0.1) is 0 Å². The third-order valence-corrected chi connectivity index (χ3v) is 4.10. The fourth-order valence-electron chi connectivity index (χ4n) is 2.45. The van der Waals surface area contributed by atoms with Crippen molar-refractivity contribution in [2.75, 3.05) is 30.8 Å². The molecule has 2 aromatic carbocycles. The summed E-state index contributed by atoms with van der Waals surface area (Å²) in [7, 11) is 1.74. The molecule has 6 heteroatoms. The van der Waals surface area contributed by atoms with E-state index < -0.39 is 0 Å². The van der Waals surface area contributed by atoms with Crippen LogP contribution in [0.15, 0.2) is 53.0 Å². The Hall–Kier alpha value is -2.18. The number of carbonyl (C=O) groups is 2. The first-order chi connectivity index (χ1) is 12.0. The van der Waals surface area contributed by atoms with Crippen LogP contribution in [0.3, 0.4) is 0 Å². The largest absolute Gasteiger partial charge is 0.325 e. The number of hydrogen-bond donors (Lipinski definition) is 2. The van der Waals surface area contributed by atoms with E-state index in [-0.39, 0.29) is 24.9 Å². The third-order valence-electron chi connectivity index (χ3n) is 3.61. The average Bonchev–Trinajstić information content (AvgIpc) is 2.54. The maximum atomic E-state index is 12.2. The molecule has 0 aromatic heterocycles. The van der Waals surface area contributed by atoms with Gasteiger partial charge < -0.3 is 10.6 Å². The fourth-order valence-corrected chi connectivity index (χ4v) is 2.85. The quantitative estimate of drug-likeness (QED) is 0.743. The van der Waals surface area contributed by atoms with Crippen LogP contribution >= 0.6 is 15.9 Å². The zero-order valence-electron chi connectivity index (χ0n) is 14.4. The molecule has 0 fully saturated rings. The second kappa shape index (κ2) is 9.34. The van der Waals surface area contributed by atoms with Gasteiger partial charge in [0.2, 0.25) is 11.8 Å². The van der Waals surface area contributed by atoms with E-state index in [1.807, 2.05) is 55.5 Å². The number of amides is 2. The highest BCUT2D eigenvalue weighted by atomic mass is 79.9. The monoisotopic (exact) mass is 403 g/mol. The number of nitrogens with zero attached hydrogens (tertiary/aromatic N) is 1. The summed E-state index contributed by atoms with van der Waals surface area (Å²) in [6.07, 6.45) is 0.849. The zero-order chi connectivity index (χ0) is 18.2. The second-order valence-corrected chi connectivity index (χ2v) is 6.71. The minimum atomic E-state index is -0.164. The van der Waals surface area contributed by atoms with Gasteiger partial charge in [-0.15, -0.1) is 0 Å². The summed E-state index contributed by atoms with van der Waals surface area (Å²) >= 11 is 3.36. The Morgan fingerprint density at radius 2 is 1.68 bits per heavy atom. The van der Waals surface area contributed by atoms with Gasteiger partial charge in [-0.25, -0.2) is 0 Å². The van der Waals surface area contributed by atoms with Gasteiger partial charge in [0.1, 0.15) is 0 Å². The molecule has 0 bridgehead atoms. The average molecular weight is 404 g/mol. The number of benzene rings is 2. The zero-order valence-corrected chi connectivity index (χ0v) is 16.0. The summed E-state index contributed by atoms with van der Waals surface area (Å²) in [5, 5.41) is 5.72. The normalized spacial score (nSPS) is 10.6. The van der Waals surface area contributed by atoms with Crippen LogP contribution in [-0.4, -0.2) is 36.9 Å². The molecule has 2 rings (SSSR count). The topological polar surface area (TPSA) is 61.4 Å². The van der Waals surface area contributed by atoms with E-state index in [1.165, 1.54) is 0 Å². The summed E-state index contributed by atoms with van der Waals surface area (Å²) in [5.74, 6) is -0.305. The van der Waals surface area contributed by atoms with Crippen LogP contribution < -0.4 is 10.6 Å². The van der Waals surface area contributed by atoms with Crippen LogP contribution in [0.4, 0.5) is 11.4 Å². The van der Waals surface area contributed by atoms with E-state index in [9.17, 15) is 9.59 Å². The summed E-state index contributed by atoms with van der Waals surface area (Å²) < 4.78 is 0.896. The lowest BCUT2D eigenvalue weighted by molar-refractivity contribution is -0.119. The molecule has 0 spiro atoms. The summed E-state index contributed by atoms with van der Waals surface area (Å²) in [6, 6.07) is 15.1. The van der Waals surface area contributed by atoms with E-state index in [1.54, 1.807) is 11.9 Å². The van der Waals surface area contributed by atoms with Gasteiger partial charge in [0, 0.05) is 15.8 Å². The highest BCUT2D eigenvalue weighted by Gasteiger charge is 2.12. The number of rotatable bonds is 7. The molecule has 25 heavy (non-hydrogen) atoms. The number of aryl methyl sites for hydroxylation is 1. The number of anilines is 2. The summed E-state index contributed by atoms with van der Waals surface area (Å²) in [4.78, 5) is 25.9. The molecule has 2 amide bonds. The highest BCUT2D eigenvalue weighted by Crippen LogP contribution is 2.16. The van der Waals surface area contributed by atoms with Gasteiger partial charge in [0.05, 0.1) is 13.1 Å². The van der Waals surface area contributed by atoms with Crippen molar-refractivity contribution in [1.82, 2.24) is 4.90 Å². The number of hydrogen-bond acceptors (Lipinski definition) is 3. The molecule has 0 saturated heterocycles. The van der Waals surface area contributed by atoms with Crippen molar-refractivity contribution in [3.8, 4) is 0 Å². The first-order valence-electron chi connectivity index (χ1n) is 8.09. The van der Waals surface area contributed by atoms with Gasteiger partial charge in [0.25, 0.3) is 0 Å². The molecule has 0 aliphatic rings. The highest BCUT2D eigenvalue weighted by molar-refractivity contribution is 9.10. The van der Waals surface area contributed by atoms with Crippen molar-refractivity contribution in [3.05, 3.63) is 58.6 Å². The molecule has 2 aromatic rings. The molecule has 0 heterocycles. The Morgan fingerprint density at radius 3 is 2.36 bits per heavy atom. The standard InChI is InChI=1S/C19H22BrN3O2/c1-3-14-7-4-5-10-17(14)22-19(25)13-23(2)12-18(24)21-16-9-6-8-15(20)11-16/h4-11H,3,12-13H2,1-2H3,(H,21,24)(H,22,25). The van der Waals surface area contributed by atoms with Crippen LogP contribution in [0.25, 0.3) is 0 Å². The Bertz CT molecular complexity index is 749. The van der Waals surface area contributed by atoms with Gasteiger partial charge in [-0.3, -0.25) is 14.5 Å². The molecule has 0 saturated carbocycles. The maximum absolute atomic E-state index is 12.2. The molecule has 0 atom stereocenters. The lowest BCUT2D eigenvalue weighted by atomic mass is 10.1.